The number of esters is 1. The molecule has 1 heterocycles. The number of hydrogen-bond donors (Lipinski definition) is 0. The van der Waals surface area contributed by atoms with Crippen molar-refractivity contribution in [3.05, 3.63) is 83.9 Å². The van der Waals surface area contributed by atoms with Crippen molar-refractivity contribution >= 4 is 11.7 Å². The fourth-order valence-electron chi connectivity index (χ4n) is 5.76. The summed E-state index contributed by atoms with van der Waals surface area (Å²) in [6.45, 7) is 0. The van der Waals surface area contributed by atoms with Crippen LogP contribution in [-0.2, 0) is 15.1 Å². The maximum Gasteiger partial charge on any atom is 0.338 e. The van der Waals surface area contributed by atoms with Gasteiger partial charge in [0.05, 0.1) is 12.8 Å². The average Bonchev–Trinajstić information content (AvgIpc) is 3.37. The molecular weight excluding hydrogens is 348 g/mol. The Morgan fingerprint density at radius 1 is 1.04 bits per heavy atom. The Labute approximate surface area is 165 Å². The van der Waals surface area contributed by atoms with Gasteiger partial charge in [-0.1, -0.05) is 72.8 Å². The molecular formula is C24H24N2O2. The standard InChI is InChI=1S/C24H24N2O2/c1-26-24(23(27)28-2,19-11-7-4-8-12-19)21-18-14-13-17(15-18)20(21)22(25-26)16-9-5-3-6-10-16/h3-14,17-18,20-21H,15H2,1-2H3/t17-,18+,20+,21-,24-/m0/s1. The minimum atomic E-state index is -0.914. The Kier molecular flexibility index (Phi) is 3.90. The lowest BCUT2D eigenvalue weighted by molar-refractivity contribution is -0.163. The topological polar surface area (TPSA) is 41.9 Å². The van der Waals surface area contributed by atoms with Crippen molar-refractivity contribution in [2.75, 3.05) is 14.2 Å². The molecule has 0 amide bonds. The molecule has 1 fully saturated rings. The van der Waals surface area contributed by atoms with Gasteiger partial charge >= 0.3 is 5.97 Å². The summed E-state index contributed by atoms with van der Waals surface area (Å²) in [7, 11) is 3.40. The van der Waals surface area contributed by atoms with Crippen molar-refractivity contribution in [1.29, 1.82) is 0 Å². The predicted molar refractivity (Wildman–Crippen MR) is 109 cm³/mol. The van der Waals surface area contributed by atoms with Crippen LogP contribution in [0.4, 0.5) is 0 Å². The van der Waals surface area contributed by atoms with Gasteiger partial charge in [0.25, 0.3) is 0 Å². The second-order valence-electron chi connectivity index (χ2n) is 8.00. The van der Waals surface area contributed by atoms with E-state index in [0.29, 0.717) is 11.8 Å². The Bertz CT molecular complexity index is 953. The fourth-order valence-corrected chi connectivity index (χ4v) is 5.76. The van der Waals surface area contributed by atoms with E-state index in [9.17, 15) is 4.79 Å². The number of rotatable bonds is 3. The summed E-state index contributed by atoms with van der Waals surface area (Å²) in [4.78, 5) is 13.4. The summed E-state index contributed by atoms with van der Waals surface area (Å²) >= 11 is 0. The molecule has 3 aliphatic rings. The monoisotopic (exact) mass is 372 g/mol. The highest BCUT2D eigenvalue weighted by Crippen LogP contribution is 2.59. The zero-order valence-corrected chi connectivity index (χ0v) is 16.2. The molecule has 28 heavy (non-hydrogen) atoms. The van der Waals surface area contributed by atoms with Crippen molar-refractivity contribution in [3.63, 3.8) is 0 Å². The number of hydrazone groups is 1. The zero-order valence-electron chi connectivity index (χ0n) is 16.2. The highest BCUT2D eigenvalue weighted by atomic mass is 16.5. The van der Waals surface area contributed by atoms with E-state index in [2.05, 4.69) is 36.4 Å². The van der Waals surface area contributed by atoms with Crippen LogP contribution >= 0.6 is 0 Å². The van der Waals surface area contributed by atoms with Crippen LogP contribution in [0.5, 0.6) is 0 Å². The molecule has 142 valence electrons. The number of methoxy groups -OCH3 is 1. The number of nitrogens with zero attached hydrogens (tertiary/aromatic N) is 2. The lowest BCUT2D eigenvalue weighted by Crippen LogP contribution is -2.61. The number of fused-ring (bicyclic) bond motifs is 5. The molecule has 0 N–H and O–H groups in total. The highest BCUT2D eigenvalue weighted by molar-refractivity contribution is 6.04. The van der Waals surface area contributed by atoms with Crippen molar-refractivity contribution in [2.24, 2.45) is 28.8 Å². The zero-order chi connectivity index (χ0) is 19.3. The summed E-state index contributed by atoms with van der Waals surface area (Å²) in [5, 5.41) is 6.90. The molecule has 0 spiro atoms. The van der Waals surface area contributed by atoms with Gasteiger partial charge in [-0.25, -0.2) is 4.79 Å². The quantitative estimate of drug-likeness (QED) is 0.607. The molecule has 1 aliphatic heterocycles. The smallest absolute Gasteiger partial charge is 0.338 e. The first-order valence-electron chi connectivity index (χ1n) is 9.88. The molecule has 4 nitrogen and oxygen atoms in total. The largest absolute Gasteiger partial charge is 0.467 e. The van der Waals surface area contributed by atoms with Crippen molar-refractivity contribution in [1.82, 2.24) is 5.01 Å². The average molecular weight is 372 g/mol. The van der Waals surface area contributed by atoms with Crippen LogP contribution in [0.1, 0.15) is 17.5 Å². The van der Waals surface area contributed by atoms with E-state index >= 15 is 0 Å². The Hall–Kier alpha value is -2.88. The minimum Gasteiger partial charge on any atom is -0.467 e. The first-order chi connectivity index (χ1) is 13.7. The van der Waals surface area contributed by atoms with Gasteiger partial charge in [0, 0.05) is 18.9 Å². The van der Waals surface area contributed by atoms with E-state index in [1.54, 1.807) is 0 Å². The summed E-state index contributed by atoms with van der Waals surface area (Å²) < 4.78 is 5.40. The number of ether oxygens (including phenoxy) is 1. The van der Waals surface area contributed by atoms with Gasteiger partial charge < -0.3 is 4.74 Å². The van der Waals surface area contributed by atoms with Crippen LogP contribution in [0, 0.1) is 23.7 Å². The first kappa shape index (κ1) is 17.2. The first-order valence-corrected chi connectivity index (χ1v) is 9.88. The van der Waals surface area contributed by atoms with Gasteiger partial charge in [-0.05, 0) is 29.4 Å². The Morgan fingerprint density at radius 2 is 1.68 bits per heavy atom. The molecule has 5 atom stereocenters. The molecule has 0 saturated heterocycles. The number of likely N-dealkylation sites (N-methyl/N-ethyl adjacent to an activating group) is 1. The van der Waals surface area contributed by atoms with Gasteiger partial charge in [0.2, 0.25) is 0 Å². The summed E-state index contributed by atoms with van der Waals surface area (Å²) in [6, 6.07) is 20.4. The number of carbonyl (C=O) groups is 1. The van der Waals surface area contributed by atoms with E-state index < -0.39 is 5.54 Å². The lowest BCUT2D eigenvalue weighted by Gasteiger charge is -2.51. The predicted octanol–water partition coefficient (Wildman–Crippen LogP) is 3.84. The molecule has 2 aliphatic carbocycles. The lowest BCUT2D eigenvalue weighted by atomic mass is 9.64. The maximum atomic E-state index is 13.4. The van der Waals surface area contributed by atoms with Crippen LogP contribution in [0.2, 0.25) is 0 Å². The summed E-state index contributed by atoms with van der Waals surface area (Å²) in [5.74, 6) is 0.817. The molecule has 4 heteroatoms. The summed E-state index contributed by atoms with van der Waals surface area (Å²) in [5.41, 5.74) is 2.26. The van der Waals surface area contributed by atoms with E-state index in [4.69, 9.17) is 9.84 Å². The summed E-state index contributed by atoms with van der Waals surface area (Å²) in [6.07, 6.45) is 5.69. The van der Waals surface area contributed by atoms with Crippen LogP contribution in [-0.4, -0.2) is 30.8 Å². The van der Waals surface area contributed by atoms with Crippen LogP contribution in [0.3, 0.4) is 0 Å². The molecule has 1 saturated carbocycles. The third-order valence-corrected chi connectivity index (χ3v) is 6.81. The molecule has 2 bridgehead atoms. The molecule has 2 aromatic rings. The number of benzene rings is 2. The van der Waals surface area contributed by atoms with E-state index in [-0.39, 0.29) is 17.8 Å². The Morgan fingerprint density at radius 3 is 2.36 bits per heavy atom. The molecule has 0 unspecified atom stereocenters. The van der Waals surface area contributed by atoms with Crippen LogP contribution in [0.25, 0.3) is 0 Å². The van der Waals surface area contributed by atoms with Gasteiger partial charge in [-0.15, -0.1) is 0 Å². The van der Waals surface area contributed by atoms with E-state index in [1.165, 1.54) is 7.11 Å². The minimum absolute atomic E-state index is 0.0926. The SMILES string of the molecule is COC(=O)[C@]1(c2ccccc2)[C@@H]2[C@H](C(c3ccccc3)=NN1C)[C@H]1C=C[C@@H]2C1. The van der Waals surface area contributed by atoms with Gasteiger partial charge in [-0.3, -0.25) is 5.01 Å². The van der Waals surface area contributed by atoms with Gasteiger partial charge in [0.15, 0.2) is 5.54 Å². The van der Waals surface area contributed by atoms with Crippen LogP contribution < -0.4 is 0 Å². The second-order valence-corrected chi connectivity index (χ2v) is 8.00. The Balaban J connectivity index is 1.76. The number of allylic oxidation sites excluding steroid dienone is 2. The van der Waals surface area contributed by atoms with E-state index in [1.807, 2.05) is 48.5 Å². The normalized spacial score (nSPS) is 32.8. The molecule has 0 radical (unpaired) electrons. The van der Waals surface area contributed by atoms with Gasteiger partial charge in [-0.2, -0.15) is 5.10 Å². The van der Waals surface area contributed by atoms with Crippen LogP contribution in [0.15, 0.2) is 77.9 Å². The molecule has 5 rings (SSSR count). The van der Waals surface area contributed by atoms with Crippen molar-refractivity contribution in [3.8, 4) is 0 Å². The number of carbonyl (C=O) groups excluding carboxylic acids is 1. The second kappa shape index (κ2) is 6.33. The maximum absolute atomic E-state index is 13.4. The third-order valence-electron chi connectivity index (χ3n) is 6.81. The molecule has 0 aromatic heterocycles. The van der Waals surface area contributed by atoms with Crippen molar-refractivity contribution in [2.45, 2.75) is 12.0 Å². The van der Waals surface area contributed by atoms with Gasteiger partial charge in [0.1, 0.15) is 0 Å². The fraction of sp³-hybridized carbons (Fsp3) is 0.333. The van der Waals surface area contributed by atoms with E-state index in [0.717, 1.165) is 23.3 Å². The number of hydrogen-bond acceptors (Lipinski definition) is 4. The third kappa shape index (κ3) is 2.17. The molecule has 2 aromatic carbocycles. The highest BCUT2D eigenvalue weighted by Gasteiger charge is 2.64. The van der Waals surface area contributed by atoms with Crippen molar-refractivity contribution < 1.29 is 9.53 Å².